The molecule has 0 aliphatic carbocycles. The SMILES string of the molecule is CCC1CCCCN1C(=O)C1CCN(S(=O)(=O)c2ccccc2C)CC1. The van der Waals surface area contributed by atoms with Crippen LogP contribution in [0.1, 0.15) is 51.0 Å². The molecule has 0 N–H and O–H groups in total. The lowest BCUT2D eigenvalue weighted by atomic mass is 9.92. The van der Waals surface area contributed by atoms with E-state index in [4.69, 9.17) is 0 Å². The van der Waals surface area contributed by atoms with E-state index in [9.17, 15) is 13.2 Å². The van der Waals surface area contributed by atoms with Crippen LogP contribution in [0, 0.1) is 12.8 Å². The first kappa shape index (κ1) is 19.4. The molecule has 1 aromatic rings. The highest BCUT2D eigenvalue weighted by atomic mass is 32.2. The van der Waals surface area contributed by atoms with Gasteiger partial charge in [0.25, 0.3) is 0 Å². The number of hydrogen-bond acceptors (Lipinski definition) is 3. The van der Waals surface area contributed by atoms with Gasteiger partial charge in [0, 0.05) is 31.6 Å². The molecule has 1 atom stereocenters. The lowest BCUT2D eigenvalue weighted by Crippen LogP contribution is -2.49. The minimum atomic E-state index is -3.47. The van der Waals surface area contributed by atoms with Gasteiger partial charge in [-0.3, -0.25) is 4.79 Å². The van der Waals surface area contributed by atoms with Gasteiger partial charge in [-0.15, -0.1) is 0 Å². The molecule has 144 valence electrons. The fraction of sp³-hybridized carbons (Fsp3) is 0.650. The summed E-state index contributed by atoms with van der Waals surface area (Å²) in [7, 11) is -3.47. The van der Waals surface area contributed by atoms with Crippen LogP contribution in [0.25, 0.3) is 0 Å². The Hall–Kier alpha value is -1.40. The van der Waals surface area contributed by atoms with Crippen molar-refractivity contribution in [2.45, 2.75) is 63.3 Å². The van der Waals surface area contributed by atoms with Crippen LogP contribution >= 0.6 is 0 Å². The van der Waals surface area contributed by atoms with Gasteiger partial charge in [-0.25, -0.2) is 8.42 Å². The van der Waals surface area contributed by atoms with Gasteiger partial charge < -0.3 is 4.90 Å². The van der Waals surface area contributed by atoms with Crippen LogP contribution in [-0.2, 0) is 14.8 Å². The average Bonchev–Trinajstić information content (AvgIpc) is 2.67. The molecule has 5 nitrogen and oxygen atoms in total. The molecule has 1 aromatic carbocycles. The Balaban J connectivity index is 1.65. The van der Waals surface area contributed by atoms with Crippen molar-refractivity contribution < 1.29 is 13.2 Å². The summed E-state index contributed by atoms with van der Waals surface area (Å²) in [5.74, 6) is 0.204. The van der Waals surface area contributed by atoms with Crippen molar-refractivity contribution in [1.82, 2.24) is 9.21 Å². The number of rotatable bonds is 4. The zero-order valence-electron chi connectivity index (χ0n) is 15.9. The van der Waals surface area contributed by atoms with Crippen molar-refractivity contribution in [3.63, 3.8) is 0 Å². The van der Waals surface area contributed by atoms with Crippen molar-refractivity contribution in [3.05, 3.63) is 29.8 Å². The monoisotopic (exact) mass is 378 g/mol. The Morgan fingerprint density at radius 1 is 1.08 bits per heavy atom. The van der Waals surface area contributed by atoms with Gasteiger partial charge in [-0.1, -0.05) is 25.1 Å². The standard InChI is InChI=1S/C20H30N2O3S/c1-3-18-9-6-7-13-22(18)20(23)17-11-14-21(15-12-17)26(24,25)19-10-5-4-8-16(19)2/h4-5,8,10,17-18H,3,6-7,9,11-15H2,1-2H3. The quantitative estimate of drug-likeness (QED) is 0.808. The number of carbonyl (C=O) groups excluding carboxylic acids is 1. The van der Waals surface area contributed by atoms with Gasteiger partial charge in [0.05, 0.1) is 4.90 Å². The minimum Gasteiger partial charge on any atom is -0.339 e. The largest absolute Gasteiger partial charge is 0.339 e. The zero-order valence-corrected chi connectivity index (χ0v) is 16.7. The van der Waals surface area contributed by atoms with Crippen LogP contribution in [0.15, 0.2) is 29.2 Å². The molecule has 3 rings (SSSR count). The molecule has 2 heterocycles. The third kappa shape index (κ3) is 3.81. The van der Waals surface area contributed by atoms with E-state index in [1.807, 2.05) is 19.1 Å². The smallest absolute Gasteiger partial charge is 0.243 e. The second kappa shape index (κ2) is 8.09. The van der Waals surface area contributed by atoms with Crippen LogP contribution in [-0.4, -0.2) is 49.2 Å². The minimum absolute atomic E-state index is 0.0366. The molecule has 2 saturated heterocycles. The number of aryl methyl sites for hydroxylation is 1. The summed E-state index contributed by atoms with van der Waals surface area (Å²) in [5, 5.41) is 0. The number of sulfonamides is 1. The number of hydrogen-bond donors (Lipinski definition) is 0. The Morgan fingerprint density at radius 3 is 2.42 bits per heavy atom. The number of piperidine rings is 2. The topological polar surface area (TPSA) is 57.7 Å². The average molecular weight is 379 g/mol. The third-order valence-corrected chi connectivity index (χ3v) is 7.95. The third-order valence-electron chi connectivity index (χ3n) is 5.90. The van der Waals surface area contributed by atoms with E-state index >= 15 is 0 Å². The molecule has 0 bridgehead atoms. The summed E-state index contributed by atoms with van der Waals surface area (Å²) in [6, 6.07) is 7.47. The molecule has 2 aliphatic rings. The molecule has 0 radical (unpaired) electrons. The van der Waals surface area contributed by atoms with E-state index in [1.54, 1.807) is 16.4 Å². The van der Waals surface area contributed by atoms with Gasteiger partial charge in [0.1, 0.15) is 0 Å². The van der Waals surface area contributed by atoms with Crippen LogP contribution in [0.5, 0.6) is 0 Å². The molecule has 26 heavy (non-hydrogen) atoms. The summed E-state index contributed by atoms with van der Waals surface area (Å²) in [5.41, 5.74) is 0.768. The second-order valence-electron chi connectivity index (χ2n) is 7.53. The van der Waals surface area contributed by atoms with Crippen LogP contribution in [0.3, 0.4) is 0 Å². The molecule has 0 spiro atoms. The van der Waals surface area contributed by atoms with E-state index in [0.717, 1.165) is 31.4 Å². The highest BCUT2D eigenvalue weighted by Crippen LogP contribution is 2.29. The molecular formula is C20H30N2O3S. The van der Waals surface area contributed by atoms with E-state index in [0.29, 0.717) is 36.9 Å². The van der Waals surface area contributed by atoms with Gasteiger partial charge in [0.2, 0.25) is 15.9 Å². The maximum absolute atomic E-state index is 13.0. The van der Waals surface area contributed by atoms with Crippen molar-refractivity contribution in [3.8, 4) is 0 Å². The summed E-state index contributed by atoms with van der Waals surface area (Å²) in [6.45, 7) is 5.69. The van der Waals surface area contributed by atoms with E-state index in [2.05, 4.69) is 11.8 Å². The number of amides is 1. The first-order valence-corrected chi connectivity index (χ1v) is 11.3. The first-order valence-electron chi connectivity index (χ1n) is 9.81. The Labute approximate surface area is 157 Å². The molecule has 2 aliphatic heterocycles. The normalized spacial score (nSPS) is 23.2. The van der Waals surface area contributed by atoms with E-state index in [-0.39, 0.29) is 11.8 Å². The summed E-state index contributed by atoms with van der Waals surface area (Å²) in [6.07, 6.45) is 5.64. The van der Waals surface area contributed by atoms with Gasteiger partial charge in [0.15, 0.2) is 0 Å². The van der Waals surface area contributed by atoms with Crippen LogP contribution in [0.2, 0.25) is 0 Å². The molecule has 1 amide bonds. The fourth-order valence-electron chi connectivity index (χ4n) is 4.28. The Kier molecular flexibility index (Phi) is 6.03. The van der Waals surface area contributed by atoms with Crippen molar-refractivity contribution >= 4 is 15.9 Å². The lowest BCUT2D eigenvalue weighted by molar-refractivity contribution is -0.140. The predicted molar refractivity (Wildman–Crippen MR) is 102 cm³/mol. The number of nitrogens with zero attached hydrogens (tertiary/aromatic N) is 2. The highest BCUT2D eigenvalue weighted by molar-refractivity contribution is 7.89. The molecule has 0 aromatic heterocycles. The Morgan fingerprint density at radius 2 is 1.77 bits per heavy atom. The summed E-state index contributed by atoms with van der Waals surface area (Å²) >= 11 is 0. The predicted octanol–water partition coefficient (Wildman–Crippen LogP) is 3.19. The summed E-state index contributed by atoms with van der Waals surface area (Å²) < 4.78 is 27.4. The molecule has 0 saturated carbocycles. The molecule has 6 heteroatoms. The van der Waals surface area contributed by atoms with Crippen molar-refractivity contribution in [1.29, 1.82) is 0 Å². The molecular weight excluding hydrogens is 348 g/mol. The fourth-order valence-corrected chi connectivity index (χ4v) is 5.97. The number of carbonyl (C=O) groups is 1. The second-order valence-corrected chi connectivity index (χ2v) is 9.44. The first-order chi connectivity index (χ1) is 12.4. The van der Waals surface area contributed by atoms with Crippen LogP contribution in [0.4, 0.5) is 0 Å². The number of likely N-dealkylation sites (tertiary alicyclic amines) is 1. The van der Waals surface area contributed by atoms with E-state index < -0.39 is 10.0 Å². The van der Waals surface area contributed by atoms with Crippen molar-refractivity contribution in [2.24, 2.45) is 5.92 Å². The van der Waals surface area contributed by atoms with Gasteiger partial charge in [-0.05, 0) is 57.1 Å². The summed E-state index contributed by atoms with van der Waals surface area (Å²) in [4.78, 5) is 15.4. The maximum Gasteiger partial charge on any atom is 0.243 e. The Bertz CT molecular complexity index is 739. The maximum atomic E-state index is 13.0. The van der Waals surface area contributed by atoms with E-state index in [1.165, 1.54) is 6.42 Å². The highest BCUT2D eigenvalue weighted by Gasteiger charge is 2.36. The van der Waals surface area contributed by atoms with Crippen LogP contribution < -0.4 is 0 Å². The lowest BCUT2D eigenvalue weighted by Gasteiger charge is -2.39. The van der Waals surface area contributed by atoms with Gasteiger partial charge >= 0.3 is 0 Å². The van der Waals surface area contributed by atoms with Gasteiger partial charge in [-0.2, -0.15) is 4.31 Å². The molecule has 2 fully saturated rings. The van der Waals surface area contributed by atoms with Crippen molar-refractivity contribution in [2.75, 3.05) is 19.6 Å². The molecule has 1 unspecified atom stereocenters. The zero-order chi connectivity index (χ0) is 18.7. The number of benzene rings is 1.